The summed E-state index contributed by atoms with van der Waals surface area (Å²) in [5, 5.41) is 1.83. The van der Waals surface area contributed by atoms with E-state index >= 15 is 0 Å². The highest BCUT2D eigenvalue weighted by atomic mass is 32.2. The van der Waals surface area contributed by atoms with E-state index in [2.05, 4.69) is 4.72 Å². The van der Waals surface area contributed by atoms with E-state index < -0.39 is 10.0 Å². The van der Waals surface area contributed by atoms with Crippen LogP contribution in [-0.4, -0.2) is 27.7 Å². The zero-order chi connectivity index (χ0) is 14.0. The Hall–Kier alpha value is -0.470. The summed E-state index contributed by atoms with van der Waals surface area (Å²) in [5.41, 5.74) is 6.36. The smallest absolute Gasteiger partial charge is 0.241 e. The fraction of sp³-hybridized carbons (Fsp3) is 0.667. The highest BCUT2D eigenvalue weighted by Gasteiger charge is 2.28. The van der Waals surface area contributed by atoms with Gasteiger partial charge in [0.25, 0.3) is 0 Å². The van der Waals surface area contributed by atoms with E-state index in [4.69, 9.17) is 10.5 Å². The fourth-order valence-electron chi connectivity index (χ4n) is 2.32. The molecule has 2 heterocycles. The van der Waals surface area contributed by atoms with Crippen LogP contribution in [0.25, 0.3) is 0 Å². The number of sulfonamides is 1. The molecule has 1 fully saturated rings. The van der Waals surface area contributed by atoms with Gasteiger partial charge in [0, 0.05) is 30.5 Å². The monoisotopic (exact) mass is 304 g/mol. The fourth-order valence-corrected chi connectivity index (χ4v) is 5.12. The molecule has 2 atom stereocenters. The maximum atomic E-state index is 12.4. The van der Waals surface area contributed by atoms with Crippen molar-refractivity contribution in [3.8, 4) is 0 Å². The molecule has 1 aliphatic rings. The Kier molecular flexibility index (Phi) is 4.62. The first-order valence-corrected chi connectivity index (χ1v) is 8.70. The molecular weight excluding hydrogens is 284 g/mol. The molecule has 5 nitrogen and oxygen atoms in total. The number of aryl methyl sites for hydroxylation is 1. The van der Waals surface area contributed by atoms with Gasteiger partial charge in [-0.1, -0.05) is 0 Å². The molecule has 0 aromatic carbocycles. The van der Waals surface area contributed by atoms with Crippen molar-refractivity contribution in [2.24, 2.45) is 11.7 Å². The zero-order valence-electron chi connectivity index (χ0n) is 11.2. The van der Waals surface area contributed by atoms with Crippen LogP contribution < -0.4 is 10.5 Å². The van der Waals surface area contributed by atoms with Crippen molar-refractivity contribution in [2.75, 3.05) is 13.2 Å². The van der Waals surface area contributed by atoms with Gasteiger partial charge in [-0.25, -0.2) is 13.1 Å². The predicted octanol–water partition coefficient (Wildman–Crippen LogP) is 1.22. The molecule has 0 amide bonds. The molecule has 0 spiro atoms. The van der Waals surface area contributed by atoms with Crippen LogP contribution in [0.4, 0.5) is 0 Å². The highest BCUT2D eigenvalue weighted by Crippen LogP contribution is 2.27. The Labute approximate surface area is 118 Å². The second-order valence-electron chi connectivity index (χ2n) is 4.85. The predicted molar refractivity (Wildman–Crippen MR) is 75.7 cm³/mol. The molecule has 1 aromatic heterocycles. The molecule has 1 aliphatic heterocycles. The van der Waals surface area contributed by atoms with E-state index in [-0.39, 0.29) is 18.6 Å². The third-order valence-electron chi connectivity index (χ3n) is 3.51. The number of ether oxygens (including phenoxy) is 1. The van der Waals surface area contributed by atoms with Gasteiger partial charge in [-0.15, -0.1) is 11.3 Å². The molecule has 7 heteroatoms. The van der Waals surface area contributed by atoms with Crippen molar-refractivity contribution in [1.82, 2.24) is 4.72 Å². The second kappa shape index (κ2) is 5.88. The normalized spacial score (nSPS) is 23.9. The summed E-state index contributed by atoms with van der Waals surface area (Å²) in [6.07, 6.45) is 1.01. The maximum Gasteiger partial charge on any atom is 0.241 e. The first-order chi connectivity index (χ1) is 8.95. The highest BCUT2D eigenvalue weighted by molar-refractivity contribution is 7.89. The molecule has 1 saturated heterocycles. The number of hydrogen-bond acceptors (Lipinski definition) is 5. The summed E-state index contributed by atoms with van der Waals surface area (Å²) in [6.45, 7) is 5.15. The van der Waals surface area contributed by atoms with Crippen LogP contribution in [0, 0.1) is 12.8 Å². The molecule has 108 valence electrons. The van der Waals surface area contributed by atoms with Crippen molar-refractivity contribution >= 4 is 21.4 Å². The zero-order valence-corrected chi connectivity index (χ0v) is 12.8. The lowest BCUT2D eigenvalue weighted by atomic mass is 10.0. The van der Waals surface area contributed by atoms with Crippen molar-refractivity contribution in [1.29, 1.82) is 0 Å². The molecule has 0 radical (unpaired) electrons. The van der Waals surface area contributed by atoms with E-state index in [1.807, 2.05) is 12.3 Å². The minimum atomic E-state index is -3.48. The molecule has 0 saturated carbocycles. The second-order valence-corrected chi connectivity index (χ2v) is 7.52. The van der Waals surface area contributed by atoms with E-state index in [0.29, 0.717) is 22.9 Å². The lowest BCUT2D eigenvalue weighted by molar-refractivity contribution is 0.107. The van der Waals surface area contributed by atoms with Gasteiger partial charge in [-0.05, 0) is 31.2 Å². The summed E-state index contributed by atoms with van der Waals surface area (Å²) in [6, 6.07) is 0. The van der Waals surface area contributed by atoms with Crippen LogP contribution >= 0.6 is 11.3 Å². The van der Waals surface area contributed by atoms with Crippen molar-refractivity contribution < 1.29 is 13.2 Å². The molecule has 2 unspecified atom stereocenters. The van der Waals surface area contributed by atoms with E-state index in [1.165, 1.54) is 11.3 Å². The van der Waals surface area contributed by atoms with Crippen LogP contribution in [0.2, 0.25) is 0 Å². The van der Waals surface area contributed by atoms with Gasteiger partial charge in [0.05, 0.1) is 6.10 Å². The standard InChI is InChI=1S/C12H20N2O3S2/c1-8-7-18-11(5-13)12(8)19(15,16)14-6-10-3-4-17-9(10)2/h7,9-10,14H,3-6,13H2,1-2H3. The summed E-state index contributed by atoms with van der Waals surface area (Å²) in [5.74, 6) is 0.245. The van der Waals surface area contributed by atoms with Gasteiger partial charge in [-0.2, -0.15) is 0 Å². The van der Waals surface area contributed by atoms with Crippen LogP contribution in [0.1, 0.15) is 23.8 Å². The van der Waals surface area contributed by atoms with Gasteiger partial charge in [0.1, 0.15) is 4.90 Å². The lowest BCUT2D eigenvalue weighted by Gasteiger charge is -2.15. The number of rotatable bonds is 5. The van der Waals surface area contributed by atoms with Crippen LogP contribution in [-0.2, 0) is 21.3 Å². The largest absolute Gasteiger partial charge is 0.378 e. The number of nitrogens with one attached hydrogen (secondary N) is 1. The Morgan fingerprint density at radius 3 is 2.89 bits per heavy atom. The van der Waals surface area contributed by atoms with Crippen molar-refractivity contribution in [3.63, 3.8) is 0 Å². The molecular formula is C12H20N2O3S2. The Morgan fingerprint density at radius 1 is 1.58 bits per heavy atom. The van der Waals surface area contributed by atoms with Gasteiger partial charge in [0.2, 0.25) is 10.0 Å². The summed E-state index contributed by atoms with van der Waals surface area (Å²) >= 11 is 1.39. The Balaban J connectivity index is 2.12. The Morgan fingerprint density at radius 2 is 2.32 bits per heavy atom. The SMILES string of the molecule is Cc1csc(CN)c1S(=O)(=O)NCC1CCOC1C. The maximum absolute atomic E-state index is 12.4. The van der Waals surface area contributed by atoms with Crippen LogP contribution in [0.3, 0.4) is 0 Å². The van der Waals surface area contributed by atoms with Gasteiger partial charge < -0.3 is 10.5 Å². The number of hydrogen-bond donors (Lipinski definition) is 2. The third-order valence-corrected chi connectivity index (χ3v) is 6.42. The molecule has 19 heavy (non-hydrogen) atoms. The molecule has 3 N–H and O–H groups in total. The summed E-state index contributed by atoms with van der Waals surface area (Å²) in [4.78, 5) is 1.06. The van der Waals surface area contributed by atoms with Crippen molar-refractivity contribution in [3.05, 3.63) is 15.8 Å². The number of thiophene rings is 1. The summed E-state index contributed by atoms with van der Waals surface area (Å²) in [7, 11) is -3.48. The lowest BCUT2D eigenvalue weighted by Crippen LogP contribution is -2.32. The van der Waals surface area contributed by atoms with E-state index in [9.17, 15) is 8.42 Å². The number of nitrogens with two attached hydrogens (primary N) is 1. The Bertz CT molecular complexity index is 539. The van der Waals surface area contributed by atoms with E-state index in [0.717, 1.165) is 12.0 Å². The average Bonchev–Trinajstić information content (AvgIpc) is 2.93. The van der Waals surface area contributed by atoms with Crippen LogP contribution in [0.5, 0.6) is 0 Å². The van der Waals surface area contributed by atoms with Gasteiger partial charge in [-0.3, -0.25) is 0 Å². The first kappa shape index (κ1) is 14.9. The first-order valence-electron chi connectivity index (χ1n) is 6.34. The van der Waals surface area contributed by atoms with Gasteiger partial charge in [0.15, 0.2) is 0 Å². The molecule has 2 rings (SSSR count). The average molecular weight is 304 g/mol. The van der Waals surface area contributed by atoms with Crippen LogP contribution in [0.15, 0.2) is 10.3 Å². The minimum absolute atomic E-state index is 0.111. The van der Waals surface area contributed by atoms with Gasteiger partial charge >= 0.3 is 0 Å². The molecule has 1 aromatic rings. The quantitative estimate of drug-likeness (QED) is 0.857. The summed E-state index contributed by atoms with van der Waals surface area (Å²) < 4.78 is 32.8. The third kappa shape index (κ3) is 3.17. The van der Waals surface area contributed by atoms with Crippen molar-refractivity contribution in [2.45, 2.75) is 37.8 Å². The molecule has 0 aliphatic carbocycles. The molecule has 0 bridgehead atoms. The minimum Gasteiger partial charge on any atom is -0.378 e. The topological polar surface area (TPSA) is 81.4 Å². The van der Waals surface area contributed by atoms with E-state index in [1.54, 1.807) is 6.92 Å².